The number of methoxy groups -OCH3 is 1. The monoisotopic (exact) mass is 487 g/mol. The average Bonchev–Trinajstić information content (AvgIpc) is 2.98. The van der Waals surface area contributed by atoms with Crippen molar-refractivity contribution in [3.05, 3.63) is 59.8 Å². The number of alkyl halides is 2. The van der Waals surface area contributed by atoms with Gasteiger partial charge >= 0.3 is 6.61 Å². The van der Waals surface area contributed by atoms with Crippen molar-refractivity contribution in [3.63, 3.8) is 0 Å². The number of carbonyl (C=O) groups is 2. The Morgan fingerprint density at radius 3 is 2.47 bits per heavy atom. The van der Waals surface area contributed by atoms with Crippen molar-refractivity contribution < 1.29 is 27.8 Å². The fraction of sp³-hybridized carbons (Fsp3) is 0.292. The lowest BCUT2D eigenvalue weighted by molar-refractivity contribution is -0.120. The van der Waals surface area contributed by atoms with Crippen LogP contribution in [0, 0.1) is 0 Å². The van der Waals surface area contributed by atoms with Gasteiger partial charge in [-0.05, 0) is 60.9 Å². The Morgan fingerprint density at radius 1 is 1.09 bits per heavy atom. The molecule has 1 saturated heterocycles. The molecule has 2 aromatic carbocycles. The number of hydrogen-bond acceptors (Lipinski definition) is 6. The van der Waals surface area contributed by atoms with Crippen molar-refractivity contribution in [2.45, 2.75) is 31.1 Å². The molecule has 1 unspecified atom stereocenters. The molecular formula is C24H23F2N3O4S. The van der Waals surface area contributed by atoms with Crippen molar-refractivity contribution in [2.24, 2.45) is 4.99 Å². The zero-order chi connectivity index (χ0) is 24.1. The van der Waals surface area contributed by atoms with Crippen LogP contribution in [-0.4, -0.2) is 42.5 Å². The van der Waals surface area contributed by atoms with Gasteiger partial charge < -0.3 is 14.8 Å². The second-order valence-corrected chi connectivity index (χ2v) is 8.77. The molecule has 1 N–H and O–H groups in total. The van der Waals surface area contributed by atoms with Gasteiger partial charge in [0.1, 0.15) is 17.2 Å². The third kappa shape index (κ3) is 5.56. The number of amides is 2. The van der Waals surface area contributed by atoms with Gasteiger partial charge in [0.15, 0.2) is 5.17 Å². The topological polar surface area (TPSA) is 80.2 Å². The van der Waals surface area contributed by atoms with Crippen molar-refractivity contribution in [1.29, 1.82) is 0 Å². The summed E-state index contributed by atoms with van der Waals surface area (Å²) in [5, 5.41) is 2.86. The maximum absolute atomic E-state index is 13.4. The molecule has 2 heterocycles. The fourth-order valence-corrected chi connectivity index (χ4v) is 4.76. The van der Waals surface area contributed by atoms with E-state index in [1.807, 2.05) is 0 Å². The number of aliphatic imine (C=N–C) groups is 1. The van der Waals surface area contributed by atoms with Gasteiger partial charge in [-0.1, -0.05) is 30.3 Å². The highest BCUT2D eigenvalue weighted by atomic mass is 32.2. The van der Waals surface area contributed by atoms with Gasteiger partial charge in [-0.3, -0.25) is 14.5 Å². The summed E-state index contributed by atoms with van der Waals surface area (Å²) in [4.78, 5) is 31.8. The number of nitrogens with one attached hydrogen (secondary N) is 1. The fourth-order valence-electron chi connectivity index (χ4n) is 3.59. The number of carbonyl (C=O) groups excluding carboxylic acids is 2. The molecule has 10 heteroatoms. The molecule has 2 aliphatic heterocycles. The first kappa shape index (κ1) is 23.7. The highest BCUT2D eigenvalue weighted by molar-refractivity contribution is 8.15. The number of anilines is 1. The molecule has 2 aliphatic rings. The quantitative estimate of drug-likeness (QED) is 0.610. The standard InChI is InChI=1S/C24H23F2N3O4S/c1-32-17-9-5-15(6-10-17)14-19-22(31)29(16-7-11-18(12-8-16)33-23(25)26)24(28-19)34-20-4-2-3-13-27-21(20)30/h5-12,14,20,23H,2-4,13H2,1H3,(H,27,30). The third-order valence-corrected chi connectivity index (χ3v) is 6.52. The first-order valence-corrected chi connectivity index (χ1v) is 11.6. The van der Waals surface area contributed by atoms with Crippen LogP contribution in [0.5, 0.6) is 11.5 Å². The van der Waals surface area contributed by atoms with E-state index in [-0.39, 0.29) is 23.3 Å². The summed E-state index contributed by atoms with van der Waals surface area (Å²) in [6.45, 7) is -2.32. The van der Waals surface area contributed by atoms with Gasteiger partial charge in [-0.25, -0.2) is 4.99 Å². The molecule has 178 valence electrons. The van der Waals surface area contributed by atoms with Crippen LogP contribution in [0.25, 0.3) is 6.08 Å². The van der Waals surface area contributed by atoms with E-state index in [4.69, 9.17) is 4.74 Å². The molecule has 34 heavy (non-hydrogen) atoms. The van der Waals surface area contributed by atoms with Gasteiger partial charge in [0.25, 0.3) is 5.91 Å². The number of halogens is 2. The van der Waals surface area contributed by atoms with Crippen LogP contribution in [0.2, 0.25) is 0 Å². The zero-order valence-corrected chi connectivity index (χ0v) is 19.2. The predicted molar refractivity (Wildman–Crippen MR) is 127 cm³/mol. The molecule has 0 radical (unpaired) electrons. The smallest absolute Gasteiger partial charge is 0.387 e. The minimum Gasteiger partial charge on any atom is -0.497 e. The molecule has 0 aromatic heterocycles. The summed E-state index contributed by atoms with van der Waals surface area (Å²) in [6, 6.07) is 12.9. The van der Waals surface area contributed by atoms with Gasteiger partial charge in [0, 0.05) is 6.54 Å². The molecule has 1 atom stereocenters. The largest absolute Gasteiger partial charge is 0.497 e. The minimum absolute atomic E-state index is 0.0197. The van der Waals surface area contributed by atoms with Crippen molar-refractivity contribution in [2.75, 3.05) is 18.6 Å². The van der Waals surface area contributed by atoms with Gasteiger partial charge in [0.2, 0.25) is 5.91 Å². The molecule has 0 spiro atoms. The molecule has 0 saturated carbocycles. The Bertz CT molecular complexity index is 1100. The van der Waals surface area contributed by atoms with Crippen LogP contribution >= 0.6 is 11.8 Å². The Hall–Kier alpha value is -3.40. The molecule has 1 fully saturated rings. The van der Waals surface area contributed by atoms with Gasteiger partial charge in [0.05, 0.1) is 18.0 Å². The Kier molecular flexibility index (Phi) is 7.46. The van der Waals surface area contributed by atoms with Crippen LogP contribution < -0.4 is 19.7 Å². The van der Waals surface area contributed by atoms with Crippen LogP contribution in [0.4, 0.5) is 14.5 Å². The Balaban J connectivity index is 1.65. The summed E-state index contributed by atoms with van der Waals surface area (Å²) in [7, 11) is 1.57. The van der Waals surface area contributed by atoms with Gasteiger partial charge in [-0.15, -0.1) is 0 Å². The van der Waals surface area contributed by atoms with E-state index in [9.17, 15) is 18.4 Å². The second-order valence-electron chi connectivity index (χ2n) is 7.60. The van der Waals surface area contributed by atoms with E-state index >= 15 is 0 Å². The van der Waals surface area contributed by atoms with Crippen molar-refractivity contribution in [1.82, 2.24) is 5.32 Å². The predicted octanol–water partition coefficient (Wildman–Crippen LogP) is 4.44. The number of benzene rings is 2. The maximum atomic E-state index is 13.4. The Labute approximate surface area is 199 Å². The lowest BCUT2D eigenvalue weighted by Crippen LogP contribution is -2.35. The summed E-state index contributed by atoms with van der Waals surface area (Å²) in [5.74, 6) is 0.196. The van der Waals surface area contributed by atoms with E-state index in [0.29, 0.717) is 29.6 Å². The molecule has 2 amide bonds. The number of amidine groups is 1. The minimum atomic E-state index is -2.94. The molecule has 2 aromatic rings. The number of rotatable bonds is 6. The van der Waals surface area contributed by atoms with E-state index in [0.717, 1.165) is 18.4 Å². The number of nitrogens with zero attached hydrogens (tertiary/aromatic N) is 2. The average molecular weight is 488 g/mol. The SMILES string of the molecule is COc1ccc(C=C2N=C(SC3CCCCNC3=O)N(c3ccc(OC(F)F)cc3)C2=O)cc1. The zero-order valence-electron chi connectivity index (χ0n) is 18.4. The summed E-state index contributed by atoms with van der Waals surface area (Å²) in [6.07, 6.45) is 4.10. The number of hydrogen-bond donors (Lipinski definition) is 1. The lowest BCUT2D eigenvalue weighted by Gasteiger charge is -2.21. The van der Waals surface area contributed by atoms with E-state index in [1.54, 1.807) is 37.5 Å². The highest BCUT2D eigenvalue weighted by Gasteiger charge is 2.35. The summed E-state index contributed by atoms with van der Waals surface area (Å²) < 4.78 is 34.6. The number of thioether (sulfide) groups is 1. The van der Waals surface area contributed by atoms with E-state index in [1.165, 1.54) is 40.9 Å². The second kappa shape index (κ2) is 10.7. The summed E-state index contributed by atoms with van der Waals surface area (Å²) in [5.41, 5.74) is 1.40. The number of ether oxygens (including phenoxy) is 2. The van der Waals surface area contributed by atoms with Crippen LogP contribution in [0.1, 0.15) is 24.8 Å². The van der Waals surface area contributed by atoms with Crippen molar-refractivity contribution >= 4 is 40.5 Å². The lowest BCUT2D eigenvalue weighted by atomic mass is 10.2. The maximum Gasteiger partial charge on any atom is 0.387 e. The molecule has 0 bridgehead atoms. The molecule has 0 aliphatic carbocycles. The van der Waals surface area contributed by atoms with Crippen LogP contribution in [0.3, 0.4) is 0 Å². The van der Waals surface area contributed by atoms with Crippen LogP contribution in [-0.2, 0) is 9.59 Å². The van der Waals surface area contributed by atoms with Gasteiger partial charge in [-0.2, -0.15) is 8.78 Å². The molecule has 4 rings (SSSR count). The first-order valence-electron chi connectivity index (χ1n) is 10.7. The first-order chi connectivity index (χ1) is 16.4. The Morgan fingerprint density at radius 2 is 1.79 bits per heavy atom. The summed E-state index contributed by atoms with van der Waals surface area (Å²) >= 11 is 1.22. The highest BCUT2D eigenvalue weighted by Crippen LogP contribution is 2.34. The van der Waals surface area contributed by atoms with E-state index in [2.05, 4.69) is 15.0 Å². The molecular weight excluding hydrogens is 464 g/mol. The van der Waals surface area contributed by atoms with Crippen molar-refractivity contribution in [3.8, 4) is 11.5 Å². The van der Waals surface area contributed by atoms with E-state index < -0.39 is 11.9 Å². The van der Waals surface area contributed by atoms with Crippen LogP contribution in [0.15, 0.2) is 59.2 Å². The molecule has 7 nitrogen and oxygen atoms in total. The normalized spacial score (nSPS) is 19.8. The third-order valence-electron chi connectivity index (χ3n) is 5.30.